The van der Waals surface area contributed by atoms with Gasteiger partial charge in [-0.1, -0.05) is 48.0 Å². The van der Waals surface area contributed by atoms with Gasteiger partial charge >= 0.3 is 0 Å². The molecule has 0 bridgehead atoms. The maximum Gasteiger partial charge on any atom is 0.231 e. The maximum atomic E-state index is 13.4. The third kappa shape index (κ3) is 3.73. The number of amides is 1. The number of halogens is 1. The molecule has 3 aromatic carbocycles. The molecule has 6 nitrogen and oxygen atoms in total. The van der Waals surface area contributed by atoms with Gasteiger partial charge in [0.2, 0.25) is 24.0 Å². The van der Waals surface area contributed by atoms with Gasteiger partial charge in [0.15, 0.2) is 11.5 Å². The second-order valence-corrected chi connectivity index (χ2v) is 7.49. The molecule has 2 heterocycles. The molecule has 7 heteroatoms. The van der Waals surface area contributed by atoms with E-state index in [2.05, 4.69) is 5.32 Å². The Balaban J connectivity index is 1.62. The van der Waals surface area contributed by atoms with Gasteiger partial charge in [-0.25, -0.2) is 0 Å². The molecule has 0 radical (unpaired) electrons. The second-order valence-electron chi connectivity index (χ2n) is 7.05. The fraction of sp³-hybridized carbons (Fsp3) is 0.0833. The topological polar surface area (TPSA) is 77.8 Å². The number of carbonyl (C=O) groups is 1. The predicted octanol–water partition coefficient (Wildman–Crippen LogP) is 5.02. The molecule has 4 aromatic rings. The van der Waals surface area contributed by atoms with Gasteiger partial charge in [0.05, 0.1) is 17.4 Å². The van der Waals surface area contributed by atoms with Crippen molar-refractivity contribution in [3.63, 3.8) is 0 Å². The lowest BCUT2D eigenvalue weighted by Gasteiger charge is -2.12. The van der Waals surface area contributed by atoms with Crippen molar-refractivity contribution in [1.82, 2.24) is 0 Å². The van der Waals surface area contributed by atoms with E-state index in [9.17, 15) is 9.59 Å². The highest BCUT2D eigenvalue weighted by Crippen LogP contribution is 2.38. The van der Waals surface area contributed by atoms with Crippen LogP contribution in [0.5, 0.6) is 11.5 Å². The maximum absolute atomic E-state index is 13.4. The minimum atomic E-state index is -0.308. The van der Waals surface area contributed by atoms with Crippen LogP contribution in [-0.4, -0.2) is 12.7 Å². The first kappa shape index (κ1) is 19.2. The molecule has 0 aliphatic carbocycles. The van der Waals surface area contributed by atoms with E-state index < -0.39 is 0 Å². The van der Waals surface area contributed by atoms with Crippen LogP contribution in [0, 0.1) is 0 Å². The van der Waals surface area contributed by atoms with Crippen LogP contribution in [0.15, 0.2) is 75.9 Å². The van der Waals surface area contributed by atoms with E-state index >= 15 is 0 Å². The van der Waals surface area contributed by atoms with E-state index in [0.717, 1.165) is 5.56 Å². The Bertz CT molecular complexity index is 1360. The second kappa shape index (κ2) is 7.81. The Morgan fingerprint density at radius 1 is 0.968 bits per heavy atom. The molecule has 0 spiro atoms. The molecule has 1 aliphatic rings. The van der Waals surface area contributed by atoms with Crippen LogP contribution in [0.2, 0.25) is 5.02 Å². The molecular weight excluding hydrogens is 418 g/mol. The highest BCUT2D eigenvalue weighted by Gasteiger charge is 2.22. The number of benzene rings is 3. The van der Waals surface area contributed by atoms with Crippen molar-refractivity contribution in [2.75, 3.05) is 12.1 Å². The monoisotopic (exact) mass is 433 g/mol. The average Bonchev–Trinajstić information content (AvgIpc) is 3.23. The number of nitrogens with one attached hydrogen (secondary N) is 1. The van der Waals surface area contributed by atoms with E-state index in [4.69, 9.17) is 25.5 Å². The van der Waals surface area contributed by atoms with Crippen LogP contribution in [-0.2, 0) is 11.2 Å². The molecular formula is C24H16ClNO5. The van der Waals surface area contributed by atoms with E-state index in [-0.39, 0.29) is 36.0 Å². The van der Waals surface area contributed by atoms with Gasteiger partial charge in [-0.2, -0.15) is 0 Å². The first-order valence-electron chi connectivity index (χ1n) is 9.58. The lowest BCUT2D eigenvalue weighted by Crippen LogP contribution is -2.18. The Morgan fingerprint density at radius 2 is 1.77 bits per heavy atom. The summed E-state index contributed by atoms with van der Waals surface area (Å²) in [5, 5.41) is 3.50. The summed E-state index contributed by atoms with van der Waals surface area (Å²) in [6.45, 7) is 0.112. The number of hydrogen-bond donors (Lipinski definition) is 1. The van der Waals surface area contributed by atoms with E-state index in [0.29, 0.717) is 33.1 Å². The van der Waals surface area contributed by atoms with Gasteiger partial charge < -0.3 is 13.9 Å². The van der Waals surface area contributed by atoms with Gasteiger partial charge in [-0.15, -0.1) is 0 Å². The van der Waals surface area contributed by atoms with Crippen molar-refractivity contribution in [2.45, 2.75) is 6.42 Å². The van der Waals surface area contributed by atoms with Crippen LogP contribution in [0.1, 0.15) is 5.56 Å². The minimum absolute atomic E-state index is 0.0691. The van der Waals surface area contributed by atoms with Crippen LogP contribution < -0.4 is 20.2 Å². The number of carbonyl (C=O) groups excluding carboxylic acids is 1. The summed E-state index contributed by atoms with van der Waals surface area (Å²) in [5.41, 5.74) is 1.62. The molecule has 31 heavy (non-hydrogen) atoms. The molecule has 1 N–H and O–H groups in total. The summed E-state index contributed by atoms with van der Waals surface area (Å²) in [5.74, 6) is 0.876. The van der Waals surface area contributed by atoms with E-state index in [1.165, 1.54) is 0 Å². The first-order chi connectivity index (χ1) is 15.1. The minimum Gasteiger partial charge on any atom is -0.454 e. The summed E-state index contributed by atoms with van der Waals surface area (Å²) >= 11 is 6.09. The summed E-state index contributed by atoms with van der Waals surface area (Å²) in [6, 6.07) is 19.2. The molecule has 0 saturated carbocycles. The molecule has 1 aromatic heterocycles. The highest BCUT2D eigenvalue weighted by molar-refractivity contribution is 6.31. The molecule has 1 amide bonds. The molecule has 0 saturated heterocycles. The summed E-state index contributed by atoms with van der Waals surface area (Å²) < 4.78 is 16.7. The quantitative estimate of drug-likeness (QED) is 0.488. The molecule has 154 valence electrons. The zero-order chi connectivity index (χ0) is 21.4. The molecule has 5 rings (SSSR count). The van der Waals surface area contributed by atoms with Crippen LogP contribution in [0.25, 0.3) is 22.1 Å². The highest BCUT2D eigenvalue weighted by atomic mass is 35.5. The Morgan fingerprint density at radius 3 is 2.61 bits per heavy atom. The van der Waals surface area contributed by atoms with Crippen molar-refractivity contribution in [3.05, 3.63) is 87.5 Å². The normalized spacial score (nSPS) is 12.2. The third-order valence-corrected chi connectivity index (χ3v) is 5.21. The van der Waals surface area contributed by atoms with Gasteiger partial charge in [-0.3, -0.25) is 14.9 Å². The number of anilines is 1. The van der Waals surface area contributed by atoms with E-state index in [1.54, 1.807) is 36.4 Å². The lowest BCUT2D eigenvalue weighted by atomic mass is 10.0. The van der Waals surface area contributed by atoms with Gasteiger partial charge in [-0.05, 0) is 41.5 Å². The SMILES string of the molecule is O=C(Cc1ccccc1)Nc1oc2ccc(Cl)cc2c(=O)c1-c1ccc2c(c1)OCO2. The van der Waals surface area contributed by atoms with Crippen molar-refractivity contribution >= 4 is 34.4 Å². The summed E-state index contributed by atoms with van der Waals surface area (Å²) in [4.78, 5) is 26.1. The Hall–Kier alpha value is -3.77. The fourth-order valence-corrected chi connectivity index (χ4v) is 3.69. The number of hydrogen-bond acceptors (Lipinski definition) is 5. The average molecular weight is 434 g/mol. The molecule has 0 unspecified atom stereocenters. The van der Waals surface area contributed by atoms with Gasteiger partial charge in [0.25, 0.3) is 0 Å². The standard InChI is InChI=1S/C24H16ClNO5/c25-16-7-9-18-17(12-16)23(28)22(15-6-8-19-20(11-15)30-13-29-19)24(31-18)26-21(27)10-14-4-2-1-3-5-14/h1-9,11-12H,10,13H2,(H,26,27). The Kier molecular flexibility index (Phi) is 4.84. The number of rotatable bonds is 4. The van der Waals surface area contributed by atoms with Crippen molar-refractivity contribution in [2.24, 2.45) is 0 Å². The summed E-state index contributed by atoms with van der Waals surface area (Å²) in [6.07, 6.45) is 0.143. The van der Waals surface area contributed by atoms with Gasteiger partial charge in [0.1, 0.15) is 5.58 Å². The predicted molar refractivity (Wildman–Crippen MR) is 118 cm³/mol. The van der Waals surface area contributed by atoms with Crippen LogP contribution in [0.3, 0.4) is 0 Å². The van der Waals surface area contributed by atoms with Gasteiger partial charge in [0, 0.05) is 5.02 Å². The smallest absolute Gasteiger partial charge is 0.231 e. The number of ether oxygens (including phenoxy) is 2. The van der Waals surface area contributed by atoms with Crippen molar-refractivity contribution in [3.8, 4) is 22.6 Å². The number of fused-ring (bicyclic) bond motifs is 2. The fourth-order valence-electron chi connectivity index (χ4n) is 3.52. The largest absolute Gasteiger partial charge is 0.454 e. The Labute approximate surface area is 182 Å². The van der Waals surface area contributed by atoms with E-state index in [1.807, 2.05) is 30.3 Å². The van der Waals surface area contributed by atoms with Crippen molar-refractivity contribution in [1.29, 1.82) is 0 Å². The van der Waals surface area contributed by atoms with Crippen LogP contribution >= 0.6 is 11.6 Å². The molecule has 0 atom stereocenters. The lowest BCUT2D eigenvalue weighted by molar-refractivity contribution is -0.115. The summed E-state index contributed by atoms with van der Waals surface area (Å²) in [7, 11) is 0. The van der Waals surface area contributed by atoms with Crippen LogP contribution in [0.4, 0.5) is 5.88 Å². The molecule has 1 aliphatic heterocycles. The zero-order valence-electron chi connectivity index (χ0n) is 16.2. The van der Waals surface area contributed by atoms with Crippen molar-refractivity contribution < 1.29 is 18.7 Å². The molecule has 0 fully saturated rings. The zero-order valence-corrected chi connectivity index (χ0v) is 16.9. The first-order valence-corrected chi connectivity index (χ1v) is 9.96. The third-order valence-electron chi connectivity index (χ3n) is 4.97.